The Morgan fingerprint density at radius 1 is 0.792 bits per heavy atom. The van der Waals surface area contributed by atoms with E-state index in [1.54, 1.807) is 13.8 Å². The first kappa shape index (κ1) is 17.2. The van der Waals surface area contributed by atoms with Crippen LogP contribution in [0.3, 0.4) is 0 Å². The maximum atomic E-state index is 12.9. The number of fused-ring (bicyclic) bond motifs is 2. The number of sulfone groups is 1. The third-order valence-corrected chi connectivity index (χ3v) is 6.40. The van der Waals surface area contributed by atoms with E-state index in [9.17, 15) is 28.5 Å². The molecule has 0 atom stereocenters. The van der Waals surface area contributed by atoms with E-state index in [1.807, 2.05) is 0 Å². The van der Waals surface area contributed by atoms with Crippen LogP contribution < -0.4 is 10.9 Å². The smallest absolute Gasteiger partial charge is 0.423 e. The lowest BCUT2D eigenvalue weighted by Crippen LogP contribution is -2.37. The van der Waals surface area contributed by atoms with Gasteiger partial charge in [-0.2, -0.15) is 0 Å². The Hall–Kier alpha value is -1.64. The molecular weight excluding hydrogens is 330 g/mol. The summed E-state index contributed by atoms with van der Waals surface area (Å²) in [5.41, 5.74) is 0.485. The highest BCUT2D eigenvalue weighted by atomic mass is 32.2. The van der Waals surface area contributed by atoms with Gasteiger partial charge < -0.3 is 20.1 Å². The van der Waals surface area contributed by atoms with Crippen LogP contribution in [0.2, 0.25) is 0 Å². The molecule has 1 aliphatic heterocycles. The molecule has 24 heavy (non-hydrogen) atoms. The normalized spacial score (nSPS) is 16.9. The molecular formula is C15H16B2O6S. The molecule has 2 aromatic rings. The van der Waals surface area contributed by atoms with Crippen molar-refractivity contribution in [2.75, 3.05) is 0 Å². The maximum Gasteiger partial charge on any atom is 0.488 e. The Labute approximate surface area is 140 Å². The lowest BCUT2D eigenvalue weighted by atomic mass is 9.70. The average Bonchev–Trinajstić information content (AvgIpc) is 2.52. The summed E-state index contributed by atoms with van der Waals surface area (Å²) in [5, 5.41) is 37.5. The second kappa shape index (κ2) is 5.44. The second-order valence-corrected chi connectivity index (χ2v) is 8.27. The Bertz CT molecular complexity index is 854. The molecule has 0 fully saturated rings. The molecule has 0 radical (unpaired) electrons. The molecule has 1 aliphatic rings. The number of hydrogen-bond donors (Lipinski definition) is 4. The molecule has 0 saturated carbocycles. The largest absolute Gasteiger partial charge is 0.488 e. The quantitative estimate of drug-likeness (QED) is 0.493. The van der Waals surface area contributed by atoms with Gasteiger partial charge in [0.15, 0.2) is 0 Å². The van der Waals surface area contributed by atoms with E-state index < -0.39 is 29.5 Å². The summed E-state index contributed by atoms with van der Waals surface area (Å²) in [6.07, 6.45) is 0. The van der Waals surface area contributed by atoms with Gasteiger partial charge >= 0.3 is 14.2 Å². The molecule has 2 aromatic carbocycles. The Morgan fingerprint density at radius 2 is 1.17 bits per heavy atom. The minimum Gasteiger partial charge on any atom is -0.423 e. The molecule has 0 spiro atoms. The lowest BCUT2D eigenvalue weighted by molar-refractivity contribution is 0.424. The highest BCUT2D eigenvalue weighted by molar-refractivity contribution is 7.91. The van der Waals surface area contributed by atoms with Crippen molar-refractivity contribution in [3.63, 3.8) is 0 Å². The van der Waals surface area contributed by atoms with Crippen molar-refractivity contribution in [3.05, 3.63) is 47.5 Å². The van der Waals surface area contributed by atoms with Crippen molar-refractivity contribution in [3.8, 4) is 0 Å². The minimum absolute atomic E-state index is 0.113. The number of rotatable bonds is 2. The van der Waals surface area contributed by atoms with Crippen LogP contribution in [0, 0.1) is 0 Å². The summed E-state index contributed by atoms with van der Waals surface area (Å²) in [6.45, 7) is 3.61. The molecule has 1 heterocycles. The highest BCUT2D eigenvalue weighted by Crippen LogP contribution is 2.44. The van der Waals surface area contributed by atoms with Crippen LogP contribution in [0.5, 0.6) is 0 Å². The molecule has 0 bridgehead atoms. The lowest BCUT2D eigenvalue weighted by Gasteiger charge is -2.35. The van der Waals surface area contributed by atoms with E-state index in [4.69, 9.17) is 0 Å². The third kappa shape index (κ3) is 2.40. The van der Waals surface area contributed by atoms with Gasteiger partial charge in [0.2, 0.25) is 9.84 Å². The van der Waals surface area contributed by atoms with E-state index in [2.05, 4.69) is 0 Å². The van der Waals surface area contributed by atoms with Crippen LogP contribution in [0.25, 0.3) is 0 Å². The van der Waals surface area contributed by atoms with Crippen molar-refractivity contribution < 1.29 is 28.5 Å². The van der Waals surface area contributed by atoms with Gasteiger partial charge in [-0.25, -0.2) is 8.42 Å². The molecule has 0 amide bonds. The number of benzene rings is 2. The van der Waals surface area contributed by atoms with E-state index in [0.717, 1.165) is 0 Å². The Balaban J connectivity index is 2.35. The molecule has 0 aromatic heterocycles. The van der Waals surface area contributed by atoms with Crippen LogP contribution in [0.15, 0.2) is 46.2 Å². The van der Waals surface area contributed by atoms with E-state index in [0.29, 0.717) is 11.1 Å². The van der Waals surface area contributed by atoms with Gasteiger partial charge in [0.05, 0.1) is 9.79 Å². The molecule has 9 heteroatoms. The number of hydrogen-bond acceptors (Lipinski definition) is 6. The van der Waals surface area contributed by atoms with Crippen molar-refractivity contribution in [2.45, 2.75) is 29.1 Å². The fourth-order valence-electron chi connectivity index (χ4n) is 3.13. The van der Waals surface area contributed by atoms with E-state index in [1.165, 1.54) is 36.4 Å². The zero-order valence-corrected chi connectivity index (χ0v) is 13.9. The van der Waals surface area contributed by atoms with Gasteiger partial charge in [-0.15, -0.1) is 0 Å². The first-order valence-corrected chi connectivity index (χ1v) is 8.81. The van der Waals surface area contributed by atoms with Crippen LogP contribution in [-0.4, -0.2) is 42.8 Å². The van der Waals surface area contributed by atoms with Crippen molar-refractivity contribution in [2.24, 2.45) is 0 Å². The summed E-state index contributed by atoms with van der Waals surface area (Å²) in [7, 11) is -7.20. The molecule has 0 aliphatic carbocycles. The molecule has 3 rings (SSSR count). The minimum atomic E-state index is -3.78. The molecule has 0 saturated heterocycles. The summed E-state index contributed by atoms with van der Waals surface area (Å²) in [4.78, 5) is 0.225. The predicted molar refractivity (Wildman–Crippen MR) is 90.1 cm³/mol. The van der Waals surface area contributed by atoms with Gasteiger partial charge in [0, 0.05) is 5.41 Å². The van der Waals surface area contributed by atoms with E-state index >= 15 is 0 Å². The molecule has 0 unspecified atom stereocenters. The van der Waals surface area contributed by atoms with Crippen LogP contribution in [-0.2, 0) is 15.3 Å². The fourth-order valence-corrected chi connectivity index (χ4v) is 5.06. The van der Waals surface area contributed by atoms with Crippen molar-refractivity contribution >= 4 is 35.0 Å². The Morgan fingerprint density at radius 3 is 1.50 bits per heavy atom. The SMILES string of the molecule is CC1(C)c2cc(B(O)O)ccc2S(=O)(=O)c2ccc(B(O)O)cc21. The zero-order chi connectivity index (χ0) is 17.9. The summed E-state index contributed by atoms with van der Waals surface area (Å²) >= 11 is 0. The summed E-state index contributed by atoms with van der Waals surface area (Å²) in [5.74, 6) is 0. The second-order valence-electron chi connectivity index (χ2n) is 6.39. The van der Waals surface area contributed by atoms with Gasteiger partial charge in [0.25, 0.3) is 0 Å². The predicted octanol–water partition coefficient (Wildman–Crippen LogP) is -1.48. The molecule has 124 valence electrons. The van der Waals surface area contributed by atoms with Gasteiger partial charge in [0.1, 0.15) is 0 Å². The Kier molecular flexibility index (Phi) is 3.89. The highest BCUT2D eigenvalue weighted by Gasteiger charge is 2.41. The monoisotopic (exact) mass is 346 g/mol. The standard InChI is InChI=1S/C15H16B2O6S/c1-15(2)11-7-9(16(18)19)3-5-13(11)24(22,23)14-6-4-10(17(20)21)8-12(14)15/h3-8,18-21H,1-2H3. The van der Waals surface area contributed by atoms with Crippen LogP contribution in [0.4, 0.5) is 0 Å². The van der Waals surface area contributed by atoms with Crippen molar-refractivity contribution in [1.29, 1.82) is 0 Å². The van der Waals surface area contributed by atoms with Gasteiger partial charge in [-0.05, 0) is 34.2 Å². The first-order valence-electron chi connectivity index (χ1n) is 7.33. The van der Waals surface area contributed by atoms with Gasteiger partial charge in [-0.3, -0.25) is 0 Å². The topological polar surface area (TPSA) is 115 Å². The zero-order valence-electron chi connectivity index (χ0n) is 13.1. The van der Waals surface area contributed by atoms with Crippen LogP contribution >= 0.6 is 0 Å². The average molecular weight is 346 g/mol. The summed E-state index contributed by atoms with van der Waals surface area (Å²) in [6, 6.07) is 8.41. The molecule has 4 N–H and O–H groups in total. The third-order valence-electron chi connectivity index (χ3n) is 4.53. The van der Waals surface area contributed by atoms with Crippen molar-refractivity contribution in [1.82, 2.24) is 0 Å². The first-order chi connectivity index (χ1) is 11.1. The summed E-state index contributed by atoms with van der Waals surface area (Å²) < 4.78 is 25.8. The molecule has 6 nitrogen and oxygen atoms in total. The van der Waals surface area contributed by atoms with E-state index in [-0.39, 0.29) is 20.7 Å². The maximum absolute atomic E-state index is 12.9. The van der Waals surface area contributed by atoms with Crippen LogP contribution in [0.1, 0.15) is 25.0 Å². The van der Waals surface area contributed by atoms with Gasteiger partial charge in [-0.1, -0.05) is 38.1 Å². The fraction of sp³-hybridized carbons (Fsp3) is 0.200.